The fourth-order valence-electron chi connectivity index (χ4n) is 2.46. The van der Waals surface area contributed by atoms with Gasteiger partial charge < -0.3 is 10.6 Å². The highest BCUT2D eigenvalue weighted by molar-refractivity contribution is 9.10. The lowest BCUT2D eigenvalue weighted by Gasteiger charge is -2.27. The molecule has 0 aromatic heterocycles. The van der Waals surface area contributed by atoms with E-state index >= 15 is 0 Å². The van der Waals surface area contributed by atoms with E-state index in [2.05, 4.69) is 20.9 Å². The van der Waals surface area contributed by atoms with Gasteiger partial charge in [-0.2, -0.15) is 0 Å². The summed E-state index contributed by atoms with van der Waals surface area (Å²) in [6.07, 6.45) is 0. The van der Waals surface area contributed by atoms with Crippen LogP contribution in [-0.2, 0) is 0 Å². The van der Waals surface area contributed by atoms with Gasteiger partial charge in [-0.3, -0.25) is 4.99 Å². The van der Waals surface area contributed by atoms with Gasteiger partial charge in [-0.1, -0.05) is 33.6 Å². The molecule has 1 atom stereocenters. The number of nitrogens with two attached hydrogens (primary N) is 1. The molecule has 6 heteroatoms. The van der Waals surface area contributed by atoms with Crippen LogP contribution in [0, 0.1) is 5.82 Å². The van der Waals surface area contributed by atoms with Gasteiger partial charge in [0, 0.05) is 20.7 Å². The lowest BCUT2D eigenvalue weighted by Crippen LogP contribution is -2.36. The van der Waals surface area contributed by atoms with Crippen LogP contribution < -0.4 is 10.6 Å². The first-order chi connectivity index (χ1) is 10.1. The fourth-order valence-corrected chi connectivity index (χ4v) is 3.01. The smallest absolute Gasteiger partial charge is 0.196 e. The van der Waals surface area contributed by atoms with E-state index in [0.717, 1.165) is 10.2 Å². The van der Waals surface area contributed by atoms with Crippen molar-refractivity contribution >= 4 is 39.2 Å². The van der Waals surface area contributed by atoms with Gasteiger partial charge in [0.05, 0.1) is 12.6 Å². The summed E-state index contributed by atoms with van der Waals surface area (Å²) in [4.78, 5) is 6.04. The van der Waals surface area contributed by atoms with Gasteiger partial charge in [0.15, 0.2) is 5.96 Å². The molecule has 3 rings (SSSR count). The molecule has 0 spiro atoms. The van der Waals surface area contributed by atoms with Crippen molar-refractivity contribution in [3.63, 3.8) is 0 Å². The van der Waals surface area contributed by atoms with Gasteiger partial charge >= 0.3 is 0 Å². The van der Waals surface area contributed by atoms with E-state index in [0.29, 0.717) is 23.1 Å². The summed E-state index contributed by atoms with van der Waals surface area (Å²) in [5.41, 5.74) is 7.25. The summed E-state index contributed by atoms with van der Waals surface area (Å²) in [6, 6.07) is 11.9. The molecule has 108 valence electrons. The van der Waals surface area contributed by atoms with E-state index in [4.69, 9.17) is 17.3 Å². The number of aliphatic imine (C=N–C) groups is 1. The summed E-state index contributed by atoms with van der Waals surface area (Å²) < 4.78 is 15.1. The average molecular weight is 369 g/mol. The Labute approximate surface area is 135 Å². The molecule has 0 saturated heterocycles. The number of anilines is 1. The third-order valence-corrected chi connectivity index (χ3v) is 4.28. The molecule has 0 radical (unpaired) electrons. The van der Waals surface area contributed by atoms with Crippen LogP contribution in [0.3, 0.4) is 0 Å². The first kappa shape index (κ1) is 14.4. The standard InChI is InChI=1S/C15H12BrClFN3/c16-9-4-6-10(7-5-9)21-13(8-20-15(21)19)14-11(17)2-1-3-12(14)18/h1-7,13H,8H2,(H2,19,20). The van der Waals surface area contributed by atoms with Gasteiger partial charge in [-0.25, -0.2) is 4.39 Å². The Morgan fingerprint density at radius 1 is 1.24 bits per heavy atom. The van der Waals surface area contributed by atoms with Gasteiger partial charge in [0.2, 0.25) is 0 Å². The topological polar surface area (TPSA) is 41.6 Å². The van der Waals surface area contributed by atoms with Crippen molar-refractivity contribution in [2.45, 2.75) is 6.04 Å². The normalized spacial score (nSPS) is 18.0. The first-order valence-corrected chi connectivity index (χ1v) is 7.53. The van der Waals surface area contributed by atoms with Gasteiger partial charge in [0.1, 0.15) is 5.82 Å². The van der Waals surface area contributed by atoms with Crippen LogP contribution in [0.4, 0.5) is 10.1 Å². The highest BCUT2D eigenvalue weighted by Gasteiger charge is 2.32. The van der Waals surface area contributed by atoms with E-state index in [1.165, 1.54) is 6.07 Å². The van der Waals surface area contributed by atoms with Crippen LogP contribution in [0.2, 0.25) is 5.02 Å². The Morgan fingerprint density at radius 3 is 2.62 bits per heavy atom. The minimum Gasteiger partial charge on any atom is -0.369 e. The van der Waals surface area contributed by atoms with Crippen LogP contribution in [0.15, 0.2) is 51.9 Å². The molecule has 21 heavy (non-hydrogen) atoms. The summed E-state index contributed by atoms with van der Waals surface area (Å²) in [5.74, 6) is 0.0150. The first-order valence-electron chi connectivity index (χ1n) is 6.36. The van der Waals surface area contributed by atoms with E-state index in [9.17, 15) is 4.39 Å². The Morgan fingerprint density at radius 2 is 1.95 bits per heavy atom. The van der Waals surface area contributed by atoms with E-state index in [1.807, 2.05) is 24.3 Å². The second kappa shape index (κ2) is 5.66. The maximum atomic E-state index is 14.2. The van der Waals surface area contributed by atoms with Gasteiger partial charge in [-0.05, 0) is 36.4 Å². The number of hydrogen-bond donors (Lipinski definition) is 1. The second-order valence-corrected chi connectivity index (χ2v) is 6.02. The van der Waals surface area contributed by atoms with Crippen molar-refractivity contribution in [1.29, 1.82) is 0 Å². The highest BCUT2D eigenvalue weighted by atomic mass is 79.9. The zero-order valence-electron chi connectivity index (χ0n) is 10.9. The minimum atomic E-state index is -0.348. The minimum absolute atomic E-state index is 0.333. The van der Waals surface area contributed by atoms with Crippen LogP contribution in [0.1, 0.15) is 11.6 Å². The predicted molar refractivity (Wildman–Crippen MR) is 87.3 cm³/mol. The molecular formula is C15H12BrClFN3. The number of guanidine groups is 1. The molecular weight excluding hydrogens is 357 g/mol. The number of halogens is 3. The summed E-state index contributed by atoms with van der Waals surface area (Å²) in [7, 11) is 0. The molecule has 1 aliphatic heterocycles. The number of rotatable bonds is 2. The van der Waals surface area contributed by atoms with Crippen LogP contribution in [0.5, 0.6) is 0 Å². The highest BCUT2D eigenvalue weighted by Crippen LogP contribution is 2.36. The quantitative estimate of drug-likeness (QED) is 0.866. The monoisotopic (exact) mass is 367 g/mol. The number of nitrogens with zero attached hydrogens (tertiary/aromatic N) is 2. The Hall–Kier alpha value is -1.59. The molecule has 2 aromatic carbocycles. The largest absolute Gasteiger partial charge is 0.369 e. The molecule has 1 heterocycles. The van der Waals surface area contributed by atoms with Crippen molar-refractivity contribution in [2.75, 3.05) is 11.4 Å². The van der Waals surface area contributed by atoms with Crippen molar-refractivity contribution in [3.8, 4) is 0 Å². The van der Waals surface area contributed by atoms with Crippen molar-refractivity contribution in [3.05, 3.63) is 63.3 Å². The molecule has 2 aromatic rings. The maximum Gasteiger partial charge on any atom is 0.196 e. The van der Waals surface area contributed by atoms with E-state index in [1.54, 1.807) is 17.0 Å². The zero-order valence-corrected chi connectivity index (χ0v) is 13.3. The Bertz CT molecular complexity index is 682. The molecule has 0 bridgehead atoms. The molecule has 1 aliphatic rings. The number of hydrogen-bond acceptors (Lipinski definition) is 3. The van der Waals surface area contributed by atoms with Crippen molar-refractivity contribution in [1.82, 2.24) is 0 Å². The number of benzene rings is 2. The lowest BCUT2D eigenvalue weighted by atomic mass is 10.0. The van der Waals surface area contributed by atoms with Crippen LogP contribution in [0.25, 0.3) is 0 Å². The third kappa shape index (κ3) is 2.63. The molecule has 0 aliphatic carbocycles. The SMILES string of the molecule is NC1=NCC(c2c(F)cccc2Cl)N1c1ccc(Br)cc1. The summed E-state index contributed by atoms with van der Waals surface area (Å²) >= 11 is 9.56. The van der Waals surface area contributed by atoms with Gasteiger partial charge in [-0.15, -0.1) is 0 Å². The van der Waals surface area contributed by atoms with E-state index in [-0.39, 0.29) is 11.9 Å². The molecule has 1 unspecified atom stereocenters. The molecule has 3 nitrogen and oxygen atoms in total. The summed E-state index contributed by atoms with van der Waals surface area (Å²) in [5, 5.41) is 0.381. The van der Waals surface area contributed by atoms with E-state index < -0.39 is 0 Å². The van der Waals surface area contributed by atoms with Crippen LogP contribution in [-0.4, -0.2) is 12.5 Å². The molecule has 0 amide bonds. The molecule has 0 saturated carbocycles. The second-order valence-electron chi connectivity index (χ2n) is 4.70. The van der Waals surface area contributed by atoms with Crippen molar-refractivity contribution in [2.24, 2.45) is 10.7 Å². The third-order valence-electron chi connectivity index (χ3n) is 3.42. The predicted octanol–water partition coefficient (Wildman–Crippen LogP) is 4.12. The maximum absolute atomic E-state index is 14.2. The van der Waals surface area contributed by atoms with Crippen LogP contribution >= 0.6 is 27.5 Å². The summed E-state index contributed by atoms with van der Waals surface area (Å²) in [6.45, 7) is 0.378. The average Bonchev–Trinajstić information content (AvgIpc) is 2.82. The Balaban J connectivity index is 2.05. The van der Waals surface area contributed by atoms with Gasteiger partial charge in [0.25, 0.3) is 0 Å². The fraction of sp³-hybridized carbons (Fsp3) is 0.133. The van der Waals surface area contributed by atoms with Crippen molar-refractivity contribution < 1.29 is 4.39 Å². The lowest BCUT2D eigenvalue weighted by molar-refractivity contribution is 0.590. The molecule has 2 N–H and O–H groups in total. The zero-order chi connectivity index (χ0) is 15.0. The molecule has 0 fully saturated rings. The Kier molecular flexibility index (Phi) is 3.87.